The lowest BCUT2D eigenvalue weighted by Crippen LogP contribution is -2.44. The number of nitrogens with one attached hydrogen (secondary N) is 3. The molecule has 3 N–H and O–H groups in total. The second-order valence-corrected chi connectivity index (χ2v) is 5.14. The van der Waals surface area contributed by atoms with Gasteiger partial charge in [0.15, 0.2) is 0 Å². The normalized spacial score (nSPS) is 18.1. The molecule has 1 aliphatic heterocycles. The van der Waals surface area contributed by atoms with Crippen LogP contribution in [0.15, 0.2) is 24.3 Å². The first kappa shape index (κ1) is 14.6. The van der Waals surface area contributed by atoms with Crippen LogP contribution in [0.1, 0.15) is 12.0 Å². The third-order valence-corrected chi connectivity index (χ3v) is 3.48. The first-order valence-corrected chi connectivity index (χ1v) is 7.22. The molecule has 8 heteroatoms. The van der Waals surface area contributed by atoms with E-state index < -0.39 is 0 Å². The Kier molecular flexibility index (Phi) is 4.71. The monoisotopic (exact) mass is 302 g/mol. The summed E-state index contributed by atoms with van der Waals surface area (Å²) >= 11 is 0. The first-order chi connectivity index (χ1) is 10.8. The maximum atomic E-state index is 11.9. The van der Waals surface area contributed by atoms with Crippen LogP contribution in [0.3, 0.4) is 0 Å². The molecule has 1 saturated heterocycles. The van der Waals surface area contributed by atoms with Gasteiger partial charge in [0.05, 0.1) is 13.2 Å². The minimum atomic E-state index is 0.0187. The molecule has 8 nitrogen and oxygen atoms in total. The van der Waals surface area contributed by atoms with E-state index in [1.165, 1.54) is 0 Å². The number of nitrogens with zero attached hydrogens (tertiary/aromatic N) is 3. The molecular formula is C14H18N6O2. The fourth-order valence-electron chi connectivity index (χ4n) is 2.30. The fraction of sp³-hybridized carbons (Fsp3) is 0.429. The number of benzene rings is 1. The van der Waals surface area contributed by atoms with Crippen molar-refractivity contribution < 1.29 is 9.53 Å². The first-order valence-electron chi connectivity index (χ1n) is 7.22. The zero-order valence-corrected chi connectivity index (χ0v) is 12.1. The number of amides is 1. The van der Waals surface area contributed by atoms with Crippen LogP contribution in [0, 0.1) is 0 Å². The van der Waals surface area contributed by atoms with Crippen molar-refractivity contribution in [2.24, 2.45) is 0 Å². The number of H-pyrrole nitrogens is 1. The van der Waals surface area contributed by atoms with Gasteiger partial charge in [-0.1, -0.05) is 24.3 Å². The van der Waals surface area contributed by atoms with Crippen LogP contribution in [-0.4, -0.2) is 52.3 Å². The molecule has 1 aromatic carbocycles. The number of aromatic nitrogens is 4. The largest absolute Gasteiger partial charge is 0.378 e. The predicted molar refractivity (Wildman–Crippen MR) is 78.7 cm³/mol. The molecule has 1 aromatic heterocycles. The van der Waals surface area contributed by atoms with Gasteiger partial charge in [0.1, 0.15) is 0 Å². The van der Waals surface area contributed by atoms with Crippen LogP contribution in [0.2, 0.25) is 0 Å². The zero-order valence-electron chi connectivity index (χ0n) is 12.1. The number of aromatic amines is 1. The number of hydrogen-bond donors (Lipinski definition) is 3. The quantitative estimate of drug-likeness (QED) is 0.710. The van der Waals surface area contributed by atoms with Crippen molar-refractivity contribution in [3.05, 3.63) is 29.8 Å². The maximum absolute atomic E-state index is 11.9. The summed E-state index contributed by atoms with van der Waals surface area (Å²) in [4.78, 5) is 11.9. The second-order valence-electron chi connectivity index (χ2n) is 5.14. The summed E-state index contributed by atoms with van der Waals surface area (Å²) < 4.78 is 5.33. The summed E-state index contributed by atoms with van der Waals surface area (Å²) in [5.74, 6) is 0.573. The number of carbonyl (C=O) groups excluding carboxylic acids is 1. The molecule has 1 aliphatic rings. The molecule has 0 saturated carbocycles. The average molecular weight is 302 g/mol. The standard InChI is InChI=1S/C14H18N6O2/c21-13(7-12-9-22-6-5-15-12)16-8-10-1-3-11(4-2-10)14-17-19-20-18-14/h1-4,12,15H,5-9H2,(H,16,21)(H,17,18,19,20). The molecule has 0 bridgehead atoms. The van der Waals surface area contributed by atoms with Gasteiger partial charge in [0.25, 0.3) is 0 Å². The summed E-state index contributed by atoms with van der Waals surface area (Å²) in [5, 5.41) is 20.0. The van der Waals surface area contributed by atoms with Crippen molar-refractivity contribution in [2.45, 2.75) is 19.0 Å². The summed E-state index contributed by atoms with van der Waals surface area (Å²) in [7, 11) is 0. The predicted octanol–water partition coefficient (Wildman–Crippen LogP) is -0.139. The van der Waals surface area contributed by atoms with Crippen molar-refractivity contribution in [1.82, 2.24) is 31.3 Å². The van der Waals surface area contributed by atoms with E-state index in [0.29, 0.717) is 32.0 Å². The number of carbonyl (C=O) groups is 1. The van der Waals surface area contributed by atoms with Crippen molar-refractivity contribution in [3.63, 3.8) is 0 Å². The summed E-state index contributed by atoms with van der Waals surface area (Å²) in [5.41, 5.74) is 1.90. The smallest absolute Gasteiger partial charge is 0.221 e. The van der Waals surface area contributed by atoms with Gasteiger partial charge in [-0.3, -0.25) is 4.79 Å². The van der Waals surface area contributed by atoms with Crippen molar-refractivity contribution in [2.75, 3.05) is 19.8 Å². The van der Waals surface area contributed by atoms with Crippen LogP contribution in [0.5, 0.6) is 0 Å². The van der Waals surface area contributed by atoms with E-state index >= 15 is 0 Å². The van der Waals surface area contributed by atoms with E-state index in [0.717, 1.165) is 17.7 Å². The van der Waals surface area contributed by atoms with Gasteiger partial charge >= 0.3 is 0 Å². The lowest BCUT2D eigenvalue weighted by Gasteiger charge is -2.23. The Balaban J connectivity index is 1.47. The van der Waals surface area contributed by atoms with Crippen LogP contribution >= 0.6 is 0 Å². The minimum absolute atomic E-state index is 0.0187. The number of tetrazole rings is 1. The van der Waals surface area contributed by atoms with E-state index in [1.807, 2.05) is 24.3 Å². The summed E-state index contributed by atoms with van der Waals surface area (Å²) in [6.07, 6.45) is 0.431. The highest BCUT2D eigenvalue weighted by Crippen LogP contribution is 2.13. The molecule has 116 valence electrons. The average Bonchev–Trinajstić information content (AvgIpc) is 3.09. The Labute approximate surface area is 127 Å². The Morgan fingerprint density at radius 2 is 2.23 bits per heavy atom. The van der Waals surface area contributed by atoms with Crippen molar-refractivity contribution in [3.8, 4) is 11.4 Å². The van der Waals surface area contributed by atoms with E-state index in [2.05, 4.69) is 31.3 Å². The second kappa shape index (κ2) is 7.10. The van der Waals surface area contributed by atoms with E-state index in [-0.39, 0.29) is 11.9 Å². The number of ether oxygens (including phenoxy) is 1. The minimum Gasteiger partial charge on any atom is -0.378 e. The van der Waals surface area contributed by atoms with Gasteiger partial charge < -0.3 is 15.4 Å². The van der Waals surface area contributed by atoms with Gasteiger partial charge in [0, 0.05) is 31.1 Å². The van der Waals surface area contributed by atoms with Gasteiger partial charge in [-0.2, -0.15) is 5.21 Å². The third kappa shape index (κ3) is 3.86. The number of morpholine rings is 1. The summed E-state index contributed by atoms with van der Waals surface area (Å²) in [6, 6.07) is 7.79. The van der Waals surface area contributed by atoms with E-state index in [4.69, 9.17) is 4.74 Å². The molecule has 22 heavy (non-hydrogen) atoms. The number of hydrogen-bond acceptors (Lipinski definition) is 6. The summed E-state index contributed by atoms with van der Waals surface area (Å²) in [6.45, 7) is 2.60. The highest BCUT2D eigenvalue weighted by molar-refractivity contribution is 5.76. The SMILES string of the molecule is O=C(CC1COCCN1)NCc1ccc(-c2nn[nH]n2)cc1. The van der Waals surface area contributed by atoms with Gasteiger partial charge in [-0.05, 0) is 10.8 Å². The van der Waals surface area contributed by atoms with Gasteiger partial charge in [0.2, 0.25) is 11.7 Å². The fourth-order valence-corrected chi connectivity index (χ4v) is 2.30. The Morgan fingerprint density at radius 1 is 1.36 bits per heavy atom. The molecule has 0 aliphatic carbocycles. The van der Waals surface area contributed by atoms with Crippen LogP contribution < -0.4 is 10.6 Å². The highest BCUT2D eigenvalue weighted by atomic mass is 16.5. The molecule has 2 heterocycles. The molecule has 2 aromatic rings. The van der Waals surface area contributed by atoms with E-state index in [9.17, 15) is 4.79 Å². The molecular weight excluding hydrogens is 284 g/mol. The number of rotatable bonds is 5. The molecule has 1 unspecified atom stereocenters. The molecule has 0 spiro atoms. The zero-order chi connectivity index (χ0) is 15.2. The van der Waals surface area contributed by atoms with Crippen LogP contribution in [0.4, 0.5) is 0 Å². The molecule has 1 atom stereocenters. The Hall–Kier alpha value is -2.32. The van der Waals surface area contributed by atoms with Crippen molar-refractivity contribution in [1.29, 1.82) is 0 Å². The van der Waals surface area contributed by atoms with Crippen LogP contribution in [0.25, 0.3) is 11.4 Å². The molecule has 3 rings (SSSR count). The lowest BCUT2D eigenvalue weighted by molar-refractivity contribution is -0.122. The highest BCUT2D eigenvalue weighted by Gasteiger charge is 2.16. The van der Waals surface area contributed by atoms with Gasteiger partial charge in [-0.25, -0.2) is 0 Å². The van der Waals surface area contributed by atoms with Gasteiger partial charge in [-0.15, -0.1) is 10.2 Å². The Morgan fingerprint density at radius 3 is 2.91 bits per heavy atom. The third-order valence-electron chi connectivity index (χ3n) is 3.48. The Bertz CT molecular complexity index is 592. The van der Waals surface area contributed by atoms with Crippen LogP contribution in [-0.2, 0) is 16.1 Å². The maximum Gasteiger partial charge on any atom is 0.221 e. The topological polar surface area (TPSA) is 105 Å². The molecule has 0 radical (unpaired) electrons. The lowest BCUT2D eigenvalue weighted by atomic mass is 10.1. The van der Waals surface area contributed by atoms with E-state index in [1.54, 1.807) is 0 Å². The molecule has 1 amide bonds. The molecule has 1 fully saturated rings. The van der Waals surface area contributed by atoms with Crippen molar-refractivity contribution >= 4 is 5.91 Å².